The van der Waals surface area contributed by atoms with Gasteiger partial charge in [0.25, 0.3) is 5.91 Å². The second-order valence-electron chi connectivity index (χ2n) is 5.81. The number of phenols is 1. The van der Waals surface area contributed by atoms with Crippen LogP contribution < -0.4 is 10.2 Å². The SMILES string of the molecule is Cc1ccc(N2C(=O)[C@H](Cc3ccc(O)cc3)NC2=S)cc1C. The first kappa shape index (κ1) is 15.5. The lowest BCUT2D eigenvalue weighted by Crippen LogP contribution is -2.32. The average molecular weight is 326 g/mol. The number of aromatic hydroxyl groups is 1. The van der Waals surface area contributed by atoms with Crippen LogP contribution in [0.15, 0.2) is 42.5 Å². The Morgan fingerprint density at radius 3 is 2.48 bits per heavy atom. The molecule has 1 saturated heterocycles. The quantitative estimate of drug-likeness (QED) is 0.852. The van der Waals surface area contributed by atoms with E-state index in [1.165, 1.54) is 5.56 Å². The second-order valence-corrected chi connectivity index (χ2v) is 6.20. The largest absolute Gasteiger partial charge is 0.508 e. The van der Waals surface area contributed by atoms with E-state index in [1.54, 1.807) is 17.0 Å². The first-order valence-electron chi connectivity index (χ1n) is 7.45. The molecule has 0 bridgehead atoms. The molecular formula is C18H18N2O2S. The highest BCUT2D eigenvalue weighted by Gasteiger charge is 2.36. The number of nitrogens with one attached hydrogen (secondary N) is 1. The standard InChI is InChI=1S/C18H18N2O2S/c1-11-3-6-14(9-12(11)2)20-17(22)16(19-18(20)23)10-13-4-7-15(21)8-5-13/h3-9,16,21H,10H2,1-2H3,(H,19,23)/t16-/m0/s1. The van der Waals surface area contributed by atoms with E-state index in [-0.39, 0.29) is 17.7 Å². The van der Waals surface area contributed by atoms with Crippen molar-refractivity contribution in [2.75, 3.05) is 4.90 Å². The fourth-order valence-electron chi connectivity index (χ4n) is 2.65. The number of thiocarbonyl (C=S) groups is 1. The van der Waals surface area contributed by atoms with Gasteiger partial charge in [0.15, 0.2) is 5.11 Å². The first-order chi connectivity index (χ1) is 11.0. The van der Waals surface area contributed by atoms with Crippen LogP contribution >= 0.6 is 12.2 Å². The van der Waals surface area contributed by atoms with Gasteiger partial charge in [-0.2, -0.15) is 0 Å². The maximum Gasteiger partial charge on any atom is 0.256 e. The first-order valence-corrected chi connectivity index (χ1v) is 7.86. The smallest absolute Gasteiger partial charge is 0.256 e. The zero-order valence-corrected chi connectivity index (χ0v) is 13.9. The molecule has 1 aliphatic heterocycles. The lowest BCUT2D eigenvalue weighted by molar-refractivity contribution is -0.118. The van der Waals surface area contributed by atoms with Crippen molar-refractivity contribution in [1.82, 2.24) is 5.32 Å². The average Bonchev–Trinajstić information content (AvgIpc) is 2.79. The molecule has 0 aromatic heterocycles. The molecule has 3 rings (SSSR count). The second kappa shape index (κ2) is 6.01. The minimum Gasteiger partial charge on any atom is -0.508 e. The fraction of sp³-hybridized carbons (Fsp3) is 0.222. The summed E-state index contributed by atoms with van der Waals surface area (Å²) >= 11 is 5.34. The van der Waals surface area contributed by atoms with Crippen molar-refractivity contribution < 1.29 is 9.90 Å². The van der Waals surface area contributed by atoms with Gasteiger partial charge in [0.1, 0.15) is 11.8 Å². The lowest BCUT2D eigenvalue weighted by Gasteiger charge is -2.16. The molecule has 1 aliphatic rings. The van der Waals surface area contributed by atoms with Gasteiger partial charge in [-0.3, -0.25) is 9.69 Å². The maximum absolute atomic E-state index is 12.7. The Hall–Kier alpha value is -2.40. The molecule has 1 amide bonds. The third-order valence-corrected chi connectivity index (χ3v) is 4.44. The monoisotopic (exact) mass is 326 g/mol. The van der Waals surface area contributed by atoms with Crippen LogP contribution in [0, 0.1) is 13.8 Å². The molecule has 2 aromatic rings. The van der Waals surface area contributed by atoms with Crippen molar-refractivity contribution in [3.05, 3.63) is 59.2 Å². The molecule has 2 aromatic carbocycles. The van der Waals surface area contributed by atoms with Gasteiger partial charge in [-0.1, -0.05) is 18.2 Å². The summed E-state index contributed by atoms with van der Waals surface area (Å²) in [5.41, 5.74) is 4.07. The molecular weight excluding hydrogens is 308 g/mol. The van der Waals surface area contributed by atoms with Crippen molar-refractivity contribution in [2.45, 2.75) is 26.3 Å². The molecule has 0 aliphatic carbocycles. The number of nitrogens with zero attached hydrogens (tertiary/aromatic N) is 1. The minimum atomic E-state index is -0.381. The number of aryl methyl sites for hydroxylation is 2. The van der Waals surface area contributed by atoms with E-state index in [0.717, 1.165) is 16.8 Å². The van der Waals surface area contributed by atoms with E-state index in [1.807, 2.05) is 44.2 Å². The van der Waals surface area contributed by atoms with E-state index >= 15 is 0 Å². The number of hydrogen-bond donors (Lipinski definition) is 2. The van der Waals surface area contributed by atoms with Gasteiger partial charge >= 0.3 is 0 Å². The van der Waals surface area contributed by atoms with Crippen molar-refractivity contribution in [3.63, 3.8) is 0 Å². The van der Waals surface area contributed by atoms with Crippen LogP contribution in [0.2, 0.25) is 0 Å². The van der Waals surface area contributed by atoms with E-state index in [4.69, 9.17) is 12.2 Å². The minimum absolute atomic E-state index is 0.0497. The van der Waals surface area contributed by atoms with Crippen molar-refractivity contribution in [3.8, 4) is 5.75 Å². The Labute approximate surface area is 140 Å². The number of anilines is 1. The Morgan fingerprint density at radius 2 is 1.83 bits per heavy atom. The molecule has 23 heavy (non-hydrogen) atoms. The normalized spacial score (nSPS) is 17.5. The third-order valence-electron chi connectivity index (χ3n) is 4.14. The summed E-state index contributed by atoms with van der Waals surface area (Å²) in [5.74, 6) is 0.165. The lowest BCUT2D eigenvalue weighted by atomic mass is 10.1. The molecule has 2 N–H and O–H groups in total. The van der Waals surface area contributed by atoms with Gasteiger partial charge in [-0.05, 0) is 67.0 Å². The number of hydrogen-bond acceptors (Lipinski definition) is 3. The third kappa shape index (κ3) is 3.05. The molecule has 5 heteroatoms. The van der Waals surface area contributed by atoms with Crippen LogP contribution in [0.5, 0.6) is 5.75 Å². The molecule has 1 fully saturated rings. The summed E-state index contributed by atoms with van der Waals surface area (Å²) in [6.07, 6.45) is 0.528. The Kier molecular flexibility index (Phi) is 4.05. The summed E-state index contributed by atoms with van der Waals surface area (Å²) in [6, 6.07) is 12.4. The molecule has 4 nitrogen and oxygen atoms in total. The van der Waals surface area contributed by atoms with Crippen LogP contribution in [-0.4, -0.2) is 22.2 Å². The van der Waals surface area contributed by atoms with Gasteiger partial charge in [0.05, 0.1) is 5.69 Å². The highest BCUT2D eigenvalue weighted by molar-refractivity contribution is 7.80. The molecule has 1 heterocycles. The van der Waals surface area contributed by atoms with Crippen LogP contribution in [0.4, 0.5) is 5.69 Å². The van der Waals surface area contributed by atoms with Gasteiger partial charge in [0, 0.05) is 6.42 Å². The summed E-state index contributed by atoms with van der Waals surface area (Å²) in [7, 11) is 0. The summed E-state index contributed by atoms with van der Waals surface area (Å²) in [5, 5.41) is 12.9. The van der Waals surface area contributed by atoms with Gasteiger partial charge in [0.2, 0.25) is 0 Å². The number of benzene rings is 2. The van der Waals surface area contributed by atoms with Crippen LogP contribution in [0.25, 0.3) is 0 Å². The zero-order chi connectivity index (χ0) is 16.6. The number of carbonyl (C=O) groups excluding carboxylic acids is 1. The van der Waals surface area contributed by atoms with Crippen LogP contribution in [0.3, 0.4) is 0 Å². The number of amides is 1. The highest BCUT2D eigenvalue weighted by atomic mass is 32.1. The number of rotatable bonds is 3. The van der Waals surface area contributed by atoms with Gasteiger partial charge < -0.3 is 10.4 Å². The van der Waals surface area contributed by atoms with Crippen molar-refractivity contribution in [2.24, 2.45) is 0 Å². The molecule has 1 atom stereocenters. The number of phenolic OH excluding ortho intramolecular Hbond substituents is 1. The van der Waals surface area contributed by atoms with Crippen molar-refractivity contribution in [1.29, 1.82) is 0 Å². The van der Waals surface area contributed by atoms with E-state index in [2.05, 4.69) is 5.32 Å². The predicted molar refractivity (Wildman–Crippen MR) is 94.7 cm³/mol. The highest BCUT2D eigenvalue weighted by Crippen LogP contribution is 2.24. The van der Waals surface area contributed by atoms with Gasteiger partial charge in [-0.25, -0.2) is 0 Å². The Balaban J connectivity index is 1.82. The van der Waals surface area contributed by atoms with Crippen molar-refractivity contribution >= 4 is 28.9 Å². The van der Waals surface area contributed by atoms with E-state index < -0.39 is 0 Å². The summed E-state index contributed by atoms with van der Waals surface area (Å²) in [6.45, 7) is 4.05. The van der Waals surface area contributed by atoms with Gasteiger partial charge in [-0.15, -0.1) is 0 Å². The molecule has 0 saturated carbocycles. The van der Waals surface area contributed by atoms with Crippen LogP contribution in [-0.2, 0) is 11.2 Å². The molecule has 0 spiro atoms. The van der Waals surface area contributed by atoms with Crippen LogP contribution in [0.1, 0.15) is 16.7 Å². The Morgan fingerprint density at radius 1 is 1.13 bits per heavy atom. The molecule has 118 valence electrons. The molecule has 0 unspecified atom stereocenters. The van der Waals surface area contributed by atoms with E-state index in [0.29, 0.717) is 11.5 Å². The summed E-state index contributed by atoms with van der Waals surface area (Å²) < 4.78 is 0. The predicted octanol–water partition coefficient (Wildman–Crippen LogP) is 2.84. The zero-order valence-electron chi connectivity index (χ0n) is 13.0. The van der Waals surface area contributed by atoms with E-state index in [9.17, 15) is 9.90 Å². The molecule has 0 radical (unpaired) electrons. The Bertz CT molecular complexity index is 771. The maximum atomic E-state index is 12.7. The number of carbonyl (C=O) groups is 1. The summed E-state index contributed by atoms with van der Waals surface area (Å²) in [4.78, 5) is 14.3. The topological polar surface area (TPSA) is 52.6 Å². The fourth-order valence-corrected chi connectivity index (χ4v) is 2.98.